The van der Waals surface area contributed by atoms with Crippen LogP contribution in [0.2, 0.25) is 0 Å². The van der Waals surface area contributed by atoms with Gasteiger partial charge in [-0.25, -0.2) is 9.97 Å². The van der Waals surface area contributed by atoms with Gasteiger partial charge in [0.2, 0.25) is 11.7 Å². The molecule has 3 rings (SSSR count). The van der Waals surface area contributed by atoms with Crippen molar-refractivity contribution < 1.29 is 23.1 Å². The highest BCUT2D eigenvalue weighted by Gasteiger charge is 2.38. The Morgan fingerprint density at radius 3 is 2.54 bits per heavy atom. The van der Waals surface area contributed by atoms with Crippen LogP contribution in [0.15, 0.2) is 12.3 Å². The molecule has 0 saturated carbocycles. The minimum Gasteiger partial charge on any atom is -0.388 e. The SMILES string of the molecule is O=C1CCCN1CC1(O)CCN(c2ccnc(C(F)(F)F)n2)CC1. The largest absolute Gasteiger partial charge is 0.451 e. The molecule has 9 heteroatoms. The maximum Gasteiger partial charge on any atom is 0.451 e. The Morgan fingerprint density at radius 1 is 1.25 bits per heavy atom. The average Bonchev–Trinajstić information content (AvgIpc) is 2.92. The second kappa shape index (κ2) is 6.19. The molecule has 2 saturated heterocycles. The lowest BCUT2D eigenvalue weighted by Gasteiger charge is -2.40. The van der Waals surface area contributed by atoms with Gasteiger partial charge in [-0.05, 0) is 25.3 Å². The van der Waals surface area contributed by atoms with Crippen molar-refractivity contribution in [2.24, 2.45) is 0 Å². The van der Waals surface area contributed by atoms with Gasteiger partial charge in [-0.1, -0.05) is 0 Å². The third kappa shape index (κ3) is 3.61. The number of halogens is 3. The van der Waals surface area contributed by atoms with Crippen LogP contribution >= 0.6 is 0 Å². The Labute approximate surface area is 137 Å². The molecule has 0 aliphatic carbocycles. The minimum atomic E-state index is -4.58. The van der Waals surface area contributed by atoms with Gasteiger partial charge >= 0.3 is 6.18 Å². The molecule has 6 nitrogen and oxygen atoms in total. The van der Waals surface area contributed by atoms with Crippen LogP contribution in [0.3, 0.4) is 0 Å². The third-order valence-corrected chi connectivity index (χ3v) is 4.57. The molecule has 0 bridgehead atoms. The highest BCUT2D eigenvalue weighted by molar-refractivity contribution is 5.78. The number of rotatable bonds is 3. The summed E-state index contributed by atoms with van der Waals surface area (Å²) in [6, 6.07) is 1.43. The summed E-state index contributed by atoms with van der Waals surface area (Å²) in [4.78, 5) is 21.9. The molecular formula is C15H19F3N4O2. The van der Waals surface area contributed by atoms with Crippen molar-refractivity contribution >= 4 is 11.7 Å². The number of carbonyl (C=O) groups is 1. The molecule has 0 spiro atoms. The van der Waals surface area contributed by atoms with E-state index in [2.05, 4.69) is 9.97 Å². The van der Waals surface area contributed by atoms with Crippen LogP contribution in [-0.2, 0) is 11.0 Å². The lowest BCUT2D eigenvalue weighted by Crippen LogP contribution is -2.51. The van der Waals surface area contributed by atoms with E-state index in [1.54, 1.807) is 9.80 Å². The first kappa shape index (κ1) is 16.9. The number of β-amino-alcohol motifs (C(OH)–C–C–N with tert-alkyl or cyclic N) is 1. The predicted molar refractivity (Wildman–Crippen MR) is 79.2 cm³/mol. The van der Waals surface area contributed by atoms with E-state index in [-0.39, 0.29) is 18.3 Å². The van der Waals surface area contributed by atoms with Crippen LogP contribution in [0.1, 0.15) is 31.5 Å². The molecule has 1 aromatic heterocycles. The van der Waals surface area contributed by atoms with Crippen molar-refractivity contribution in [3.8, 4) is 0 Å². The van der Waals surface area contributed by atoms with Crippen molar-refractivity contribution in [3.05, 3.63) is 18.1 Å². The van der Waals surface area contributed by atoms with E-state index < -0.39 is 17.6 Å². The summed E-state index contributed by atoms with van der Waals surface area (Å²) in [5.74, 6) is -0.906. The van der Waals surface area contributed by atoms with Crippen molar-refractivity contribution in [3.63, 3.8) is 0 Å². The zero-order valence-electron chi connectivity index (χ0n) is 13.1. The van der Waals surface area contributed by atoms with E-state index in [4.69, 9.17) is 0 Å². The summed E-state index contributed by atoms with van der Waals surface area (Å²) in [6.45, 7) is 1.71. The molecule has 0 aromatic carbocycles. The van der Waals surface area contributed by atoms with Crippen molar-refractivity contribution in [1.82, 2.24) is 14.9 Å². The third-order valence-electron chi connectivity index (χ3n) is 4.57. The van der Waals surface area contributed by atoms with Crippen LogP contribution in [0.4, 0.5) is 19.0 Å². The molecule has 2 fully saturated rings. The molecular weight excluding hydrogens is 325 g/mol. The van der Waals surface area contributed by atoms with E-state index >= 15 is 0 Å². The molecule has 2 aliphatic heterocycles. The number of piperidine rings is 1. The molecule has 1 aromatic rings. The summed E-state index contributed by atoms with van der Waals surface area (Å²) in [6.07, 6.45) is -1.41. The second-order valence-electron chi connectivity index (χ2n) is 6.37. The summed E-state index contributed by atoms with van der Waals surface area (Å²) < 4.78 is 38.1. The number of aliphatic hydroxyl groups is 1. The quantitative estimate of drug-likeness (QED) is 0.899. The highest BCUT2D eigenvalue weighted by Crippen LogP contribution is 2.30. The van der Waals surface area contributed by atoms with Gasteiger partial charge in [0.05, 0.1) is 5.60 Å². The fourth-order valence-electron chi connectivity index (χ4n) is 3.20. The van der Waals surface area contributed by atoms with Gasteiger partial charge in [-0.2, -0.15) is 13.2 Å². The zero-order valence-corrected chi connectivity index (χ0v) is 13.1. The van der Waals surface area contributed by atoms with Gasteiger partial charge in [0.1, 0.15) is 5.82 Å². The Hall–Kier alpha value is -1.90. The Kier molecular flexibility index (Phi) is 4.37. The van der Waals surface area contributed by atoms with Crippen molar-refractivity contribution in [2.75, 3.05) is 31.1 Å². The zero-order chi connectivity index (χ0) is 17.4. The number of carbonyl (C=O) groups excluding carboxylic acids is 1. The lowest BCUT2D eigenvalue weighted by atomic mass is 9.91. The highest BCUT2D eigenvalue weighted by atomic mass is 19.4. The van der Waals surface area contributed by atoms with Gasteiger partial charge < -0.3 is 14.9 Å². The maximum absolute atomic E-state index is 12.7. The number of hydrogen-bond donors (Lipinski definition) is 1. The fourth-order valence-corrected chi connectivity index (χ4v) is 3.20. The Morgan fingerprint density at radius 2 is 1.96 bits per heavy atom. The van der Waals surface area contributed by atoms with Gasteiger partial charge in [0.25, 0.3) is 0 Å². The Balaban J connectivity index is 1.63. The molecule has 24 heavy (non-hydrogen) atoms. The predicted octanol–water partition coefficient (Wildman–Crippen LogP) is 1.45. The van der Waals surface area contributed by atoms with E-state index in [9.17, 15) is 23.1 Å². The number of amides is 1. The van der Waals surface area contributed by atoms with Crippen LogP contribution in [0, 0.1) is 0 Å². The fraction of sp³-hybridized carbons (Fsp3) is 0.667. The topological polar surface area (TPSA) is 69.6 Å². The van der Waals surface area contributed by atoms with E-state index in [0.29, 0.717) is 38.9 Å². The number of hydrogen-bond acceptors (Lipinski definition) is 5. The first-order chi connectivity index (χ1) is 11.3. The summed E-state index contributed by atoms with van der Waals surface area (Å²) in [5.41, 5.74) is -0.990. The van der Waals surface area contributed by atoms with Crippen LogP contribution in [-0.4, -0.2) is 57.7 Å². The molecule has 0 radical (unpaired) electrons. The first-order valence-corrected chi connectivity index (χ1v) is 7.92. The Bertz CT molecular complexity index is 615. The van der Waals surface area contributed by atoms with E-state index in [0.717, 1.165) is 12.6 Å². The maximum atomic E-state index is 12.7. The summed E-state index contributed by atoms with van der Waals surface area (Å²) in [7, 11) is 0. The average molecular weight is 344 g/mol. The monoisotopic (exact) mass is 344 g/mol. The number of anilines is 1. The molecule has 2 aliphatic rings. The van der Waals surface area contributed by atoms with Crippen LogP contribution < -0.4 is 4.90 Å². The molecule has 132 valence electrons. The number of nitrogens with zero attached hydrogens (tertiary/aromatic N) is 4. The molecule has 0 atom stereocenters. The summed E-state index contributed by atoms with van der Waals surface area (Å²) >= 11 is 0. The first-order valence-electron chi connectivity index (χ1n) is 7.92. The summed E-state index contributed by atoms with van der Waals surface area (Å²) in [5, 5.41) is 10.7. The van der Waals surface area contributed by atoms with Crippen LogP contribution in [0.25, 0.3) is 0 Å². The number of likely N-dealkylation sites (tertiary alicyclic amines) is 1. The van der Waals surface area contributed by atoms with Gasteiger partial charge in [0, 0.05) is 38.8 Å². The normalized spacial score (nSPS) is 21.4. The number of alkyl halides is 3. The molecule has 0 unspecified atom stereocenters. The molecule has 1 amide bonds. The van der Waals surface area contributed by atoms with Crippen molar-refractivity contribution in [1.29, 1.82) is 0 Å². The van der Waals surface area contributed by atoms with Gasteiger partial charge in [-0.15, -0.1) is 0 Å². The number of aromatic nitrogens is 2. The minimum absolute atomic E-state index is 0.0523. The molecule has 1 N–H and O–H groups in total. The standard InChI is InChI=1S/C15H19F3N4O2/c16-15(17,18)13-19-6-3-11(20-13)21-8-4-14(24,5-9-21)10-22-7-1-2-12(22)23/h3,6,24H,1-2,4-5,7-10H2. The smallest absolute Gasteiger partial charge is 0.388 e. The molecule has 3 heterocycles. The van der Waals surface area contributed by atoms with E-state index in [1.807, 2.05) is 0 Å². The van der Waals surface area contributed by atoms with Crippen LogP contribution in [0.5, 0.6) is 0 Å². The van der Waals surface area contributed by atoms with E-state index in [1.165, 1.54) is 6.07 Å². The van der Waals surface area contributed by atoms with Crippen molar-refractivity contribution in [2.45, 2.75) is 37.5 Å². The second-order valence-corrected chi connectivity index (χ2v) is 6.37. The lowest BCUT2D eigenvalue weighted by molar-refractivity contribution is -0.144. The van der Waals surface area contributed by atoms with Gasteiger partial charge in [-0.3, -0.25) is 4.79 Å². The van der Waals surface area contributed by atoms with Gasteiger partial charge in [0.15, 0.2) is 0 Å².